The zero-order valence-electron chi connectivity index (χ0n) is 8.93. The first-order valence-electron chi connectivity index (χ1n) is 5.44. The van der Waals surface area contributed by atoms with Gasteiger partial charge in [0.15, 0.2) is 0 Å². The van der Waals surface area contributed by atoms with E-state index < -0.39 is 5.97 Å². The van der Waals surface area contributed by atoms with E-state index in [2.05, 4.69) is 4.98 Å². The molecule has 1 aromatic heterocycles. The molecule has 1 aliphatic rings. The van der Waals surface area contributed by atoms with Crippen LogP contribution in [0.1, 0.15) is 17.9 Å². The van der Waals surface area contributed by atoms with Gasteiger partial charge in [-0.05, 0) is 30.2 Å². The Balaban J connectivity index is 2.13. The molecule has 0 radical (unpaired) electrons. The molecule has 1 fully saturated rings. The van der Waals surface area contributed by atoms with E-state index in [1.807, 2.05) is 24.3 Å². The SMILES string of the molecule is O=C(O)C1CC1c1ccc(Cl)c2cccnc12. The van der Waals surface area contributed by atoms with E-state index >= 15 is 0 Å². The first-order chi connectivity index (χ1) is 8.18. The van der Waals surface area contributed by atoms with Crippen LogP contribution in [0.15, 0.2) is 30.5 Å². The summed E-state index contributed by atoms with van der Waals surface area (Å²) < 4.78 is 0. The minimum Gasteiger partial charge on any atom is -0.481 e. The Labute approximate surface area is 103 Å². The summed E-state index contributed by atoms with van der Waals surface area (Å²) in [6.07, 6.45) is 2.41. The Kier molecular flexibility index (Phi) is 2.30. The van der Waals surface area contributed by atoms with Crippen molar-refractivity contribution in [2.75, 3.05) is 0 Å². The molecule has 0 saturated heterocycles. The highest BCUT2D eigenvalue weighted by Crippen LogP contribution is 2.49. The smallest absolute Gasteiger partial charge is 0.307 e. The molecule has 4 heteroatoms. The third kappa shape index (κ3) is 1.67. The Bertz CT molecular complexity index is 611. The van der Waals surface area contributed by atoms with Gasteiger partial charge in [-0.2, -0.15) is 0 Å². The summed E-state index contributed by atoms with van der Waals surface area (Å²) in [6.45, 7) is 0. The largest absolute Gasteiger partial charge is 0.481 e. The molecular weight excluding hydrogens is 238 g/mol. The fourth-order valence-corrected chi connectivity index (χ4v) is 2.49. The highest BCUT2D eigenvalue weighted by atomic mass is 35.5. The average molecular weight is 248 g/mol. The minimum atomic E-state index is -0.728. The van der Waals surface area contributed by atoms with Crippen molar-refractivity contribution in [2.45, 2.75) is 12.3 Å². The molecule has 0 bridgehead atoms. The Morgan fingerprint density at radius 3 is 2.94 bits per heavy atom. The summed E-state index contributed by atoms with van der Waals surface area (Å²) in [6, 6.07) is 7.45. The Hall–Kier alpha value is -1.61. The van der Waals surface area contributed by atoms with E-state index in [1.165, 1.54) is 0 Å². The van der Waals surface area contributed by atoms with Gasteiger partial charge in [0.05, 0.1) is 11.4 Å². The van der Waals surface area contributed by atoms with Crippen LogP contribution in [0.4, 0.5) is 0 Å². The lowest BCUT2D eigenvalue weighted by Crippen LogP contribution is -1.99. The molecule has 0 amide bonds. The van der Waals surface area contributed by atoms with Crippen molar-refractivity contribution < 1.29 is 9.90 Å². The van der Waals surface area contributed by atoms with Crippen LogP contribution in [0.3, 0.4) is 0 Å². The number of rotatable bonds is 2. The number of nitrogens with zero attached hydrogens (tertiary/aromatic N) is 1. The molecule has 86 valence electrons. The van der Waals surface area contributed by atoms with Gasteiger partial charge < -0.3 is 5.11 Å². The van der Waals surface area contributed by atoms with Crippen LogP contribution in [0.25, 0.3) is 10.9 Å². The molecule has 3 rings (SSSR count). The zero-order valence-corrected chi connectivity index (χ0v) is 9.69. The molecule has 1 aliphatic carbocycles. The van der Waals surface area contributed by atoms with E-state index in [0.29, 0.717) is 11.4 Å². The fourth-order valence-electron chi connectivity index (χ4n) is 2.27. The second-order valence-corrected chi connectivity index (χ2v) is 4.73. The van der Waals surface area contributed by atoms with Gasteiger partial charge in [-0.15, -0.1) is 0 Å². The van der Waals surface area contributed by atoms with Gasteiger partial charge in [0.25, 0.3) is 0 Å². The van der Waals surface area contributed by atoms with Gasteiger partial charge in [-0.3, -0.25) is 9.78 Å². The summed E-state index contributed by atoms with van der Waals surface area (Å²) >= 11 is 6.10. The minimum absolute atomic E-state index is 0.0853. The number of carboxylic acids is 1. The van der Waals surface area contributed by atoms with Gasteiger partial charge in [-0.1, -0.05) is 17.7 Å². The number of carbonyl (C=O) groups is 1. The Morgan fingerprint density at radius 1 is 1.41 bits per heavy atom. The van der Waals surface area contributed by atoms with E-state index in [-0.39, 0.29) is 11.8 Å². The number of benzene rings is 1. The zero-order chi connectivity index (χ0) is 12.0. The molecule has 0 aliphatic heterocycles. The van der Waals surface area contributed by atoms with Crippen LogP contribution in [-0.4, -0.2) is 16.1 Å². The Morgan fingerprint density at radius 2 is 2.24 bits per heavy atom. The van der Waals surface area contributed by atoms with Gasteiger partial charge in [-0.25, -0.2) is 0 Å². The molecule has 17 heavy (non-hydrogen) atoms. The lowest BCUT2D eigenvalue weighted by molar-refractivity contribution is -0.138. The maximum atomic E-state index is 10.9. The van der Waals surface area contributed by atoms with E-state index in [0.717, 1.165) is 16.5 Å². The van der Waals surface area contributed by atoms with Crippen LogP contribution < -0.4 is 0 Å². The van der Waals surface area contributed by atoms with Crippen LogP contribution in [-0.2, 0) is 4.79 Å². The lowest BCUT2D eigenvalue weighted by atomic mass is 10.0. The van der Waals surface area contributed by atoms with Crippen molar-refractivity contribution in [1.29, 1.82) is 0 Å². The van der Waals surface area contributed by atoms with Gasteiger partial charge in [0.1, 0.15) is 0 Å². The standard InChI is InChI=1S/C13H10ClNO2/c14-11-4-3-7(9-6-10(9)13(16)17)12-8(11)2-1-5-15-12/h1-5,9-10H,6H2,(H,16,17). The predicted octanol–water partition coefficient (Wildman–Crippen LogP) is 3.08. The quantitative estimate of drug-likeness (QED) is 0.887. The lowest BCUT2D eigenvalue weighted by Gasteiger charge is -2.05. The van der Waals surface area contributed by atoms with Crippen LogP contribution in [0.2, 0.25) is 5.02 Å². The molecule has 1 aromatic carbocycles. The maximum absolute atomic E-state index is 10.9. The summed E-state index contributed by atoms with van der Waals surface area (Å²) in [5.41, 5.74) is 1.83. The highest BCUT2D eigenvalue weighted by molar-refractivity contribution is 6.35. The topological polar surface area (TPSA) is 50.2 Å². The number of carboxylic acid groups (broad SMARTS) is 1. The van der Waals surface area contributed by atoms with E-state index in [4.69, 9.17) is 16.7 Å². The van der Waals surface area contributed by atoms with Crippen molar-refractivity contribution in [3.8, 4) is 0 Å². The second-order valence-electron chi connectivity index (χ2n) is 4.32. The summed E-state index contributed by atoms with van der Waals surface area (Å²) in [5, 5.41) is 10.5. The number of hydrogen-bond acceptors (Lipinski definition) is 2. The molecule has 1 heterocycles. The third-order valence-corrected chi connectivity index (χ3v) is 3.58. The van der Waals surface area contributed by atoms with Gasteiger partial charge in [0, 0.05) is 22.5 Å². The number of aromatic nitrogens is 1. The molecule has 2 atom stereocenters. The molecule has 1 saturated carbocycles. The summed E-state index contributed by atoms with van der Waals surface area (Å²) in [4.78, 5) is 15.2. The third-order valence-electron chi connectivity index (χ3n) is 3.25. The van der Waals surface area contributed by atoms with Crippen molar-refractivity contribution in [3.63, 3.8) is 0 Å². The monoisotopic (exact) mass is 247 g/mol. The van der Waals surface area contributed by atoms with Crippen molar-refractivity contribution in [2.24, 2.45) is 5.92 Å². The summed E-state index contributed by atoms with van der Waals surface area (Å²) in [5.74, 6) is -0.905. The number of aliphatic carboxylic acids is 1. The molecule has 0 spiro atoms. The molecule has 2 unspecified atom stereocenters. The maximum Gasteiger partial charge on any atom is 0.307 e. The van der Waals surface area contributed by atoms with Crippen molar-refractivity contribution in [3.05, 3.63) is 41.0 Å². The molecule has 2 aromatic rings. The predicted molar refractivity (Wildman–Crippen MR) is 65.2 cm³/mol. The number of fused-ring (bicyclic) bond motifs is 1. The number of halogens is 1. The number of hydrogen-bond donors (Lipinski definition) is 1. The first kappa shape index (κ1) is 10.5. The van der Waals surface area contributed by atoms with Crippen molar-refractivity contribution in [1.82, 2.24) is 4.98 Å². The highest BCUT2D eigenvalue weighted by Gasteiger charge is 2.45. The van der Waals surface area contributed by atoms with Crippen LogP contribution in [0.5, 0.6) is 0 Å². The van der Waals surface area contributed by atoms with E-state index in [9.17, 15) is 4.79 Å². The number of pyridine rings is 1. The summed E-state index contributed by atoms with van der Waals surface area (Å²) in [7, 11) is 0. The van der Waals surface area contributed by atoms with Crippen LogP contribution in [0, 0.1) is 5.92 Å². The fraction of sp³-hybridized carbons (Fsp3) is 0.231. The molecular formula is C13H10ClNO2. The van der Waals surface area contributed by atoms with Crippen LogP contribution >= 0.6 is 11.6 Å². The molecule has 3 nitrogen and oxygen atoms in total. The van der Waals surface area contributed by atoms with Crippen molar-refractivity contribution >= 4 is 28.5 Å². The normalized spacial score (nSPS) is 22.6. The first-order valence-corrected chi connectivity index (χ1v) is 5.82. The van der Waals surface area contributed by atoms with Gasteiger partial charge in [0.2, 0.25) is 0 Å². The second kappa shape index (κ2) is 3.70. The van der Waals surface area contributed by atoms with E-state index in [1.54, 1.807) is 6.20 Å². The average Bonchev–Trinajstić information content (AvgIpc) is 3.10. The molecule has 1 N–H and O–H groups in total. The van der Waals surface area contributed by atoms with Gasteiger partial charge >= 0.3 is 5.97 Å².